The number of nitrogens with one attached hydrogen (secondary N) is 2. The first-order valence-electron chi connectivity index (χ1n) is 5.51. The van der Waals surface area contributed by atoms with Crippen LogP contribution in [0.1, 0.15) is 23.7 Å². The van der Waals surface area contributed by atoms with Crippen molar-refractivity contribution in [2.24, 2.45) is 0 Å². The van der Waals surface area contributed by atoms with E-state index >= 15 is 0 Å². The molecule has 0 unspecified atom stereocenters. The fourth-order valence-electron chi connectivity index (χ4n) is 1.33. The molecule has 1 rings (SSSR count). The van der Waals surface area contributed by atoms with E-state index in [0.717, 1.165) is 0 Å². The standard InChI is InChI=1S/C11H15ClN4O2/c1-2-14-10(17)3-4-15-11(18)7-5-8(12)16-9(13)6-7/h5-6H,2-4H2,1H3,(H2,13,16)(H,14,17)(H,15,18). The second kappa shape index (κ2) is 6.80. The van der Waals surface area contributed by atoms with Gasteiger partial charge in [-0.3, -0.25) is 9.59 Å². The molecule has 0 aromatic carbocycles. The van der Waals surface area contributed by atoms with Crippen molar-refractivity contribution in [2.75, 3.05) is 18.8 Å². The number of nitrogens with zero attached hydrogens (tertiary/aromatic N) is 1. The average Bonchev–Trinajstić information content (AvgIpc) is 2.27. The summed E-state index contributed by atoms with van der Waals surface area (Å²) in [6.45, 7) is 2.66. The molecule has 0 aliphatic heterocycles. The molecule has 1 heterocycles. The Bertz CT molecular complexity index is 430. The minimum absolute atomic E-state index is 0.106. The molecule has 4 N–H and O–H groups in total. The molecule has 1 aromatic heterocycles. The van der Waals surface area contributed by atoms with Crippen molar-refractivity contribution in [3.05, 3.63) is 22.8 Å². The number of carbonyl (C=O) groups excluding carboxylic acids is 2. The van der Waals surface area contributed by atoms with Crippen molar-refractivity contribution in [3.63, 3.8) is 0 Å². The highest BCUT2D eigenvalue weighted by atomic mass is 35.5. The van der Waals surface area contributed by atoms with Gasteiger partial charge in [0.15, 0.2) is 0 Å². The van der Waals surface area contributed by atoms with E-state index in [1.807, 2.05) is 6.92 Å². The van der Waals surface area contributed by atoms with Crippen LogP contribution in [0.2, 0.25) is 5.15 Å². The summed E-state index contributed by atoms with van der Waals surface area (Å²) >= 11 is 5.68. The Balaban J connectivity index is 2.48. The maximum atomic E-state index is 11.7. The fourth-order valence-corrected chi connectivity index (χ4v) is 1.54. The maximum absolute atomic E-state index is 11.7. The average molecular weight is 271 g/mol. The van der Waals surface area contributed by atoms with Crippen LogP contribution in [-0.4, -0.2) is 29.9 Å². The topological polar surface area (TPSA) is 97.1 Å². The lowest BCUT2D eigenvalue weighted by molar-refractivity contribution is -0.120. The van der Waals surface area contributed by atoms with E-state index in [2.05, 4.69) is 15.6 Å². The lowest BCUT2D eigenvalue weighted by atomic mass is 10.2. The highest BCUT2D eigenvalue weighted by Crippen LogP contribution is 2.11. The van der Waals surface area contributed by atoms with E-state index in [0.29, 0.717) is 12.1 Å². The van der Waals surface area contributed by atoms with Gasteiger partial charge in [-0.25, -0.2) is 4.98 Å². The first-order chi connectivity index (χ1) is 8.52. The number of anilines is 1. The molecule has 18 heavy (non-hydrogen) atoms. The Morgan fingerprint density at radius 2 is 2.11 bits per heavy atom. The smallest absolute Gasteiger partial charge is 0.251 e. The zero-order valence-electron chi connectivity index (χ0n) is 10.00. The summed E-state index contributed by atoms with van der Waals surface area (Å²) in [7, 11) is 0. The number of pyridine rings is 1. The second-order valence-corrected chi connectivity index (χ2v) is 3.95. The highest BCUT2D eigenvalue weighted by molar-refractivity contribution is 6.29. The summed E-state index contributed by atoms with van der Waals surface area (Å²) in [5.41, 5.74) is 5.80. The van der Waals surface area contributed by atoms with Gasteiger partial charge in [-0.15, -0.1) is 0 Å². The number of nitrogens with two attached hydrogens (primary N) is 1. The summed E-state index contributed by atoms with van der Waals surface area (Å²) in [6, 6.07) is 2.84. The summed E-state index contributed by atoms with van der Waals surface area (Å²) < 4.78 is 0. The fraction of sp³-hybridized carbons (Fsp3) is 0.364. The summed E-state index contributed by atoms with van der Waals surface area (Å²) in [5, 5.41) is 5.39. The van der Waals surface area contributed by atoms with E-state index in [1.54, 1.807) is 0 Å². The number of hydrogen-bond donors (Lipinski definition) is 3. The van der Waals surface area contributed by atoms with Gasteiger partial charge < -0.3 is 16.4 Å². The number of nitrogen functional groups attached to an aromatic ring is 1. The minimum Gasteiger partial charge on any atom is -0.384 e. The van der Waals surface area contributed by atoms with Gasteiger partial charge in [-0.05, 0) is 19.1 Å². The number of carbonyl (C=O) groups is 2. The quantitative estimate of drug-likeness (QED) is 0.682. The van der Waals surface area contributed by atoms with Crippen LogP contribution in [0.3, 0.4) is 0 Å². The monoisotopic (exact) mass is 270 g/mol. The van der Waals surface area contributed by atoms with Gasteiger partial charge in [0.2, 0.25) is 5.91 Å². The lowest BCUT2D eigenvalue weighted by Gasteiger charge is -2.06. The van der Waals surface area contributed by atoms with E-state index in [4.69, 9.17) is 17.3 Å². The van der Waals surface area contributed by atoms with E-state index in [1.165, 1.54) is 12.1 Å². The molecular formula is C11H15ClN4O2. The van der Waals surface area contributed by atoms with Crippen LogP contribution in [0, 0.1) is 0 Å². The summed E-state index contributed by atoms with van der Waals surface area (Å²) in [6.07, 6.45) is 0.230. The van der Waals surface area contributed by atoms with Crippen LogP contribution in [-0.2, 0) is 4.79 Å². The van der Waals surface area contributed by atoms with Gasteiger partial charge in [0.05, 0.1) is 0 Å². The van der Waals surface area contributed by atoms with Crippen LogP contribution in [0.15, 0.2) is 12.1 Å². The molecule has 0 fully saturated rings. The van der Waals surface area contributed by atoms with Crippen molar-refractivity contribution in [2.45, 2.75) is 13.3 Å². The van der Waals surface area contributed by atoms with Crippen LogP contribution in [0.5, 0.6) is 0 Å². The molecule has 2 amide bonds. The first kappa shape index (κ1) is 14.2. The van der Waals surface area contributed by atoms with Gasteiger partial charge in [-0.2, -0.15) is 0 Å². The highest BCUT2D eigenvalue weighted by Gasteiger charge is 2.08. The zero-order valence-corrected chi connectivity index (χ0v) is 10.8. The molecule has 0 radical (unpaired) electrons. The Morgan fingerprint density at radius 1 is 1.39 bits per heavy atom. The molecule has 98 valence electrons. The molecule has 0 atom stereocenters. The van der Waals surface area contributed by atoms with E-state index in [-0.39, 0.29) is 35.8 Å². The van der Waals surface area contributed by atoms with Crippen LogP contribution in [0.25, 0.3) is 0 Å². The van der Waals surface area contributed by atoms with Gasteiger partial charge in [0, 0.05) is 25.1 Å². The molecule has 7 heteroatoms. The molecule has 1 aromatic rings. The Morgan fingerprint density at radius 3 is 2.72 bits per heavy atom. The molecule has 6 nitrogen and oxygen atoms in total. The van der Waals surface area contributed by atoms with Crippen LogP contribution in [0.4, 0.5) is 5.82 Å². The third-order valence-corrected chi connectivity index (χ3v) is 2.28. The van der Waals surface area contributed by atoms with Crippen LogP contribution < -0.4 is 16.4 Å². The predicted molar refractivity (Wildman–Crippen MR) is 69.3 cm³/mol. The van der Waals surface area contributed by atoms with Crippen molar-refractivity contribution >= 4 is 29.2 Å². The van der Waals surface area contributed by atoms with Gasteiger partial charge in [0.1, 0.15) is 11.0 Å². The normalized spacial score (nSPS) is 9.89. The lowest BCUT2D eigenvalue weighted by Crippen LogP contribution is -2.30. The van der Waals surface area contributed by atoms with Crippen molar-refractivity contribution in [3.8, 4) is 0 Å². The van der Waals surface area contributed by atoms with Gasteiger partial charge in [-0.1, -0.05) is 11.6 Å². The first-order valence-corrected chi connectivity index (χ1v) is 5.88. The number of aromatic nitrogens is 1. The van der Waals surface area contributed by atoms with Gasteiger partial charge >= 0.3 is 0 Å². The Hall–Kier alpha value is -1.82. The third kappa shape index (κ3) is 4.58. The number of hydrogen-bond acceptors (Lipinski definition) is 4. The molecule has 0 spiro atoms. The summed E-state index contributed by atoms with van der Waals surface area (Å²) in [4.78, 5) is 26.6. The number of rotatable bonds is 5. The SMILES string of the molecule is CCNC(=O)CCNC(=O)c1cc(N)nc(Cl)c1. The Labute approximate surface area is 110 Å². The van der Waals surface area contributed by atoms with Gasteiger partial charge in [0.25, 0.3) is 5.91 Å². The minimum atomic E-state index is -0.338. The van der Waals surface area contributed by atoms with Crippen molar-refractivity contribution < 1.29 is 9.59 Å². The molecule has 0 saturated heterocycles. The predicted octanol–water partition coefficient (Wildman–Crippen LogP) is 0.573. The third-order valence-electron chi connectivity index (χ3n) is 2.09. The molecule has 0 saturated carbocycles. The maximum Gasteiger partial charge on any atom is 0.251 e. The molecule has 0 aliphatic carbocycles. The van der Waals surface area contributed by atoms with Crippen LogP contribution >= 0.6 is 11.6 Å². The second-order valence-electron chi connectivity index (χ2n) is 3.56. The molecule has 0 aliphatic rings. The number of halogens is 1. The Kier molecular flexibility index (Phi) is 5.38. The van der Waals surface area contributed by atoms with Crippen molar-refractivity contribution in [1.29, 1.82) is 0 Å². The van der Waals surface area contributed by atoms with E-state index < -0.39 is 0 Å². The molecule has 0 bridgehead atoms. The number of amides is 2. The van der Waals surface area contributed by atoms with E-state index in [9.17, 15) is 9.59 Å². The molecular weight excluding hydrogens is 256 g/mol. The zero-order chi connectivity index (χ0) is 13.5. The summed E-state index contributed by atoms with van der Waals surface area (Å²) in [5.74, 6) is -0.267. The largest absolute Gasteiger partial charge is 0.384 e. The van der Waals surface area contributed by atoms with Crippen molar-refractivity contribution in [1.82, 2.24) is 15.6 Å².